The molecule has 0 unspecified atom stereocenters. The van der Waals surface area contributed by atoms with Gasteiger partial charge in [-0.3, -0.25) is 0 Å². The SMILES string of the molecule is C1=Nc2ccnn2CC1. The minimum absolute atomic E-state index is 0.973. The van der Waals surface area contributed by atoms with Gasteiger partial charge in [0.25, 0.3) is 0 Å². The Morgan fingerprint density at radius 1 is 1.56 bits per heavy atom. The maximum Gasteiger partial charge on any atom is 0.149 e. The molecular weight excluding hydrogens is 114 g/mol. The third-order valence-electron chi connectivity index (χ3n) is 1.39. The molecule has 46 valence electrons. The Morgan fingerprint density at radius 3 is 3.44 bits per heavy atom. The van der Waals surface area contributed by atoms with E-state index in [0.717, 1.165) is 18.8 Å². The molecule has 0 radical (unpaired) electrons. The summed E-state index contributed by atoms with van der Waals surface area (Å²) in [5, 5.41) is 4.06. The zero-order valence-electron chi connectivity index (χ0n) is 4.99. The first kappa shape index (κ1) is 4.73. The lowest BCUT2D eigenvalue weighted by Crippen LogP contribution is -2.03. The lowest BCUT2D eigenvalue weighted by atomic mass is 10.4. The Hall–Kier alpha value is -1.12. The predicted molar refractivity (Wildman–Crippen MR) is 35.0 cm³/mol. The van der Waals surface area contributed by atoms with Gasteiger partial charge in [0.05, 0.1) is 6.20 Å². The fraction of sp³-hybridized carbons (Fsp3) is 0.333. The highest BCUT2D eigenvalue weighted by molar-refractivity contribution is 5.63. The van der Waals surface area contributed by atoms with Gasteiger partial charge in [0, 0.05) is 25.2 Å². The minimum atomic E-state index is 0.973. The number of aliphatic imine (C=N–C) groups is 1. The van der Waals surface area contributed by atoms with Crippen LogP contribution >= 0.6 is 0 Å². The van der Waals surface area contributed by atoms with E-state index in [2.05, 4.69) is 10.1 Å². The van der Waals surface area contributed by atoms with Gasteiger partial charge >= 0.3 is 0 Å². The average Bonchev–Trinajstić information content (AvgIpc) is 2.33. The van der Waals surface area contributed by atoms with Crippen molar-refractivity contribution in [1.82, 2.24) is 9.78 Å². The van der Waals surface area contributed by atoms with Crippen LogP contribution in [0, 0.1) is 0 Å². The molecule has 2 heterocycles. The lowest BCUT2D eigenvalue weighted by Gasteiger charge is -2.04. The molecule has 1 aliphatic heterocycles. The monoisotopic (exact) mass is 121 g/mol. The summed E-state index contributed by atoms with van der Waals surface area (Å²) in [6, 6.07) is 1.91. The zero-order valence-corrected chi connectivity index (χ0v) is 4.99. The quantitative estimate of drug-likeness (QED) is 0.503. The molecule has 0 saturated heterocycles. The largest absolute Gasteiger partial charge is 0.248 e. The molecule has 0 fully saturated rings. The summed E-state index contributed by atoms with van der Waals surface area (Å²) in [4.78, 5) is 4.13. The van der Waals surface area contributed by atoms with Gasteiger partial charge in [-0.2, -0.15) is 5.10 Å². The van der Waals surface area contributed by atoms with Crippen molar-refractivity contribution in [2.45, 2.75) is 13.0 Å². The molecule has 2 rings (SSSR count). The maximum absolute atomic E-state index is 4.13. The number of aromatic nitrogens is 2. The van der Waals surface area contributed by atoms with Gasteiger partial charge in [-0.1, -0.05) is 0 Å². The van der Waals surface area contributed by atoms with Crippen LogP contribution in [0.25, 0.3) is 0 Å². The van der Waals surface area contributed by atoms with Crippen LogP contribution in [-0.2, 0) is 6.54 Å². The van der Waals surface area contributed by atoms with E-state index in [9.17, 15) is 0 Å². The first-order valence-electron chi connectivity index (χ1n) is 3.01. The molecule has 1 aromatic rings. The van der Waals surface area contributed by atoms with E-state index in [-0.39, 0.29) is 0 Å². The van der Waals surface area contributed by atoms with E-state index in [1.807, 2.05) is 17.0 Å². The standard InChI is InChI=1S/C6H7N3/c1-3-7-6-2-4-8-9(6)5-1/h2-4H,1,5H2. The summed E-state index contributed by atoms with van der Waals surface area (Å²) in [5.41, 5.74) is 0. The van der Waals surface area contributed by atoms with Gasteiger partial charge in [0.15, 0.2) is 0 Å². The molecule has 3 nitrogen and oxygen atoms in total. The predicted octanol–water partition coefficient (Wildman–Crippen LogP) is 0.989. The minimum Gasteiger partial charge on any atom is -0.248 e. The average molecular weight is 121 g/mol. The Bertz CT molecular complexity index is 236. The van der Waals surface area contributed by atoms with Crippen LogP contribution in [0.3, 0.4) is 0 Å². The third-order valence-corrected chi connectivity index (χ3v) is 1.39. The van der Waals surface area contributed by atoms with Gasteiger partial charge in [0.1, 0.15) is 5.82 Å². The molecule has 0 atom stereocenters. The van der Waals surface area contributed by atoms with Gasteiger partial charge in [-0.05, 0) is 0 Å². The van der Waals surface area contributed by atoms with Gasteiger partial charge in [-0.25, -0.2) is 9.67 Å². The summed E-state index contributed by atoms with van der Waals surface area (Å²) < 4.78 is 1.90. The fourth-order valence-corrected chi connectivity index (χ4v) is 0.946. The number of hydrogen-bond acceptors (Lipinski definition) is 2. The Labute approximate surface area is 53.0 Å². The summed E-state index contributed by atoms with van der Waals surface area (Å²) in [5.74, 6) is 0.973. The molecule has 0 bridgehead atoms. The molecule has 1 aliphatic rings. The second kappa shape index (κ2) is 1.69. The number of hydrogen-bond donors (Lipinski definition) is 0. The number of rotatable bonds is 0. The third kappa shape index (κ3) is 0.650. The molecule has 3 heteroatoms. The van der Waals surface area contributed by atoms with E-state index in [1.54, 1.807) is 6.20 Å². The van der Waals surface area contributed by atoms with Crippen molar-refractivity contribution in [2.24, 2.45) is 4.99 Å². The number of aryl methyl sites for hydroxylation is 1. The Morgan fingerprint density at radius 2 is 2.56 bits per heavy atom. The highest BCUT2D eigenvalue weighted by Crippen LogP contribution is 2.13. The molecule has 0 spiro atoms. The van der Waals surface area contributed by atoms with Crippen molar-refractivity contribution in [3.8, 4) is 0 Å². The maximum atomic E-state index is 4.13. The second-order valence-corrected chi connectivity index (χ2v) is 2.01. The second-order valence-electron chi connectivity index (χ2n) is 2.01. The van der Waals surface area contributed by atoms with Crippen LogP contribution in [-0.4, -0.2) is 16.0 Å². The zero-order chi connectivity index (χ0) is 6.10. The van der Waals surface area contributed by atoms with E-state index < -0.39 is 0 Å². The lowest BCUT2D eigenvalue weighted by molar-refractivity contribution is 0.630. The molecule has 9 heavy (non-hydrogen) atoms. The molecule has 0 amide bonds. The van der Waals surface area contributed by atoms with Crippen molar-refractivity contribution < 1.29 is 0 Å². The Kier molecular flexibility index (Phi) is 0.886. The van der Waals surface area contributed by atoms with Crippen LogP contribution in [0.2, 0.25) is 0 Å². The van der Waals surface area contributed by atoms with E-state index in [4.69, 9.17) is 0 Å². The normalized spacial score (nSPS) is 15.6. The molecular formula is C6H7N3. The molecule has 0 aromatic carbocycles. The van der Waals surface area contributed by atoms with E-state index >= 15 is 0 Å². The van der Waals surface area contributed by atoms with Crippen LogP contribution < -0.4 is 0 Å². The number of nitrogens with zero attached hydrogens (tertiary/aromatic N) is 3. The Balaban J connectivity index is 2.53. The highest BCUT2D eigenvalue weighted by Gasteiger charge is 2.01. The fourth-order valence-electron chi connectivity index (χ4n) is 0.946. The first-order valence-corrected chi connectivity index (χ1v) is 3.01. The summed E-state index contributed by atoms with van der Waals surface area (Å²) >= 11 is 0. The smallest absolute Gasteiger partial charge is 0.149 e. The van der Waals surface area contributed by atoms with Crippen molar-refractivity contribution >= 4 is 12.0 Å². The highest BCUT2D eigenvalue weighted by atomic mass is 15.3. The topological polar surface area (TPSA) is 30.2 Å². The first-order chi connectivity index (χ1) is 4.47. The van der Waals surface area contributed by atoms with Crippen molar-refractivity contribution in [3.63, 3.8) is 0 Å². The van der Waals surface area contributed by atoms with Gasteiger partial charge < -0.3 is 0 Å². The van der Waals surface area contributed by atoms with E-state index in [0.29, 0.717) is 0 Å². The number of fused-ring (bicyclic) bond motifs is 1. The molecule has 0 aliphatic carbocycles. The van der Waals surface area contributed by atoms with Crippen molar-refractivity contribution in [1.29, 1.82) is 0 Å². The van der Waals surface area contributed by atoms with Gasteiger partial charge in [-0.15, -0.1) is 0 Å². The van der Waals surface area contributed by atoms with E-state index in [1.165, 1.54) is 0 Å². The van der Waals surface area contributed by atoms with Crippen LogP contribution in [0.15, 0.2) is 17.3 Å². The molecule has 1 aromatic heterocycles. The van der Waals surface area contributed by atoms with Crippen molar-refractivity contribution in [3.05, 3.63) is 12.3 Å². The van der Waals surface area contributed by atoms with Crippen LogP contribution in [0.1, 0.15) is 6.42 Å². The van der Waals surface area contributed by atoms with Crippen LogP contribution in [0.4, 0.5) is 5.82 Å². The van der Waals surface area contributed by atoms with Gasteiger partial charge in [0.2, 0.25) is 0 Å². The van der Waals surface area contributed by atoms with Crippen molar-refractivity contribution in [2.75, 3.05) is 0 Å². The summed E-state index contributed by atoms with van der Waals surface area (Å²) in [6.07, 6.45) is 4.71. The summed E-state index contributed by atoms with van der Waals surface area (Å²) in [7, 11) is 0. The molecule has 0 saturated carbocycles. The molecule has 0 N–H and O–H groups in total. The summed E-state index contributed by atoms with van der Waals surface area (Å²) in [6.45, 7) is 0.978. The van der Waals surface area contributed by atoms with Crippen LogP contribution in [0.5, 0.6) is 0 Å².